The molecule has 0 aliphatic carbocycles. The van der Waals surface area contributed by atoms with E-state index in [1.165, 1.54) is 0 Å². The Bertz CT molecular complexity index is 607. The van der Waals surface area contributed by atoms with Crippen LogP contribution in [0, 0.1) is 0 Å². The standard InChI is InChI=1S/C18H29N5O2/c1-4-19-18(21-11-15-12-22(2)7-8-23(15)3)20-10-14-5-6-16-17(9-14)25-13-24-16/h5-6,9,15H,4,7-8,10-13H2,1-3H3,(H2,19,20,21). The quantitative estimate of drug-likeness (QED) is 0.604. The molecule has 1 fully saturated rings. The lowest BCUT2D eigenvalue weighted by atomic mass is 10.2. The van der Waals surface area contributed by atoms with Gasteiger partial charge in [0.1, 0.15) is 0 Å². The molecule has 2 heterocycles. The van der Waals surface area contributed by atoms with Crippen molar-refractivity contribution in [3.8, 4) is 11.5 Å². The summed E-state index contributed by atoms with van der Waals surface area (Å²) in [6.07, 6.45) is 0. The minimum absolute atomic E-state index is 0.301. The molecule has 1 unspecified atom stereocenters. The monoisotopic (exact) mass is 347 g/mol. The van der Waals surface area contributed by atoms with Gasteiger partial charge in [-0.2, -0.15) is 0 Å². The molecule has 0 saturated carbocycles. The highest BCUT2D eigenvalue weighted by molar-refractivity contribution is 5.79. The summed E-state index contributed by atoms with van der Waals surface area (Å²) in [5.74, 6) is 2.46. The number of benzene rings is 1. The first kappa shape index (κ1) is 17.8. The Morgan fingerprint density at radius 2 is 2.04 bits per heavy atom. The number of hydrogen-bond donors (Lipinski definition) is 2. The second-order valence-corrected chi connectivity index (χ2v) is 6.66. The van der Waals surface area contributed by atoms with E-state index in [0.29, 0.717) is 19.4 Å². The van der Waals surface area contributed by atoms with Crippen molar-refractivity contribution in [2.24, 2.45) is 4.99 Å². The fraction of sp³-hybridized carbons (Fsp3) is 0.611. The van der Waals surface area contributed by atoms with Crippen molar-refractivity contribution < 1.29 is 9.47 Å². The summed E-state index contributed by atoms with van der Waals surface area (Å²) in [7, 11) is 4.37. The van der Waals surface area contributed by atoms with Gasteiger partial charge < -0.3 is 25.0 Å². The summed E-state index contributed by atoms with van der Waals surface area (Å²) in [6.45, 7) is 8.02. The Kier molecular flexibility index (Phi) is 5.99. The molecule has 2 N–H and O–H groups in total. The maximum absolute atomic E-state index is 5.43. The van der Waals surface area contributed by atoms with E-state index in [2.05, 4.69) is 41.5 Å². The van der Waals surface area contributed by atoms with Crippen LogP contribution >= 0.6 is 0 Å². The minimum Gasteiger partial charge on any atom is -0.454 e. The van der Waals surface area contributed by atoms with Gasteiger partial charge >= 0.3 is 0 Å². The number of guanidine groups is 1. The Labute approximate surface area is 150 Å². The van der Waals surface area contributed by atoms with Gasteiger partial charge in [-0.25, -0.2) is 4.99 Å². The third-order valence-corrected chi connectivity index (χ3v) is 4.69. The van der Waals surface area contributed by atoms with E-state index >= 15 is 0 Å². The molecule has 0 bridgehead atoms. The molecule has 0 amide bonds. The number of nitrogens with zero attached hydrogens (tertiary/aromatic N) is 3. The Balaban J connectivity index is 1.57. The van der Waals surface area contributed by atoms with E-state index < -0.39 is 0 Å². The number of aliphatic imine (C=N–C) groups is 1. The normalized spacial score (nSPS) is 21.4. The van der Waals surface area contributed by atoms with E-state index in [1.54, 1.807) is 0 Å². The lowest BCUT2D eigenvalue weighted by Crippen LogP contribution is -2.55. The summed E-state index contributed by atoms with van der Waals surface area (Å²) < 4.78 is 10.8. The van der Waals surface area contributed by atoms with Gasteiger partial charge in [-0.3, -0.25) is 4.90 Å². The van der Waals surface area contributed by atoms with Crippen molar-refractivity contribution >= 4 is 5.96 Å². The van der Waals surface area contributed by atoms with Crippen LogP contribution in [0.1, 0.15) is 12.5 Å². The van der Waals surface area contributed by atoms with Crippen molar-refractivity contribution in [1.82, 2.24) is 20.4 Å². The molecule has 7 nitrogen and oxygen atoms in total. The van der Waals surface area contributed by atoms with E-state index in [9.17, 15) is 0 Å². The summed E-state index contributed by atoms with van der Waals surface area (Å²) in [6, 6.07) is 6.47. The van der Waals surface area contributed by atoms with Gasteiger partial charge in [0.25, 0.3) is 0 Å². The van der Waals surface area contributed by atoms with Crippen LogP contribution < -0.4 is 20.1 Å². The molecule has 1 aromatic rings. The van der Waals surface area contributed by atoms with E-state index in [1.807, 2.05) is 18.2 Å². The van der Waals surface area contributed by atoms with Crippen LogP contribution in [0.3, 0.4) is 0 Å². The van der Waals surface area contributed by atoms with Gasteiger partial charge in [0.05, 0.1) is 6.54 Å². The highest BCUT2D eigenvalue weighted by Gasteiger charge is 2.22. The summed E-state index contributed by atoms with van der Waals surface area (Å²) >= 11 is 0. The topological polar surface area (TPSA) is 61.4 Å². The number of piperazine rings is 1. The maximum Gasteiger partial charge on any atom is 0.231 e. The molecule has 3 rings (SSSR count). The predicted molar refractivity (Wildman–Crippen MR) is 99.3 cm³/mol. The van der Waals surface area contributed by atoms with Gasteiger partial charge in [-0.1, -0.05) is 6.07 Å². The minimum atomic E-state index is 0.301. The lowest BCUT2D eigenvalue weighted by molar-refractivity contribution is 0.116. The van der Waals surface area contributed by atoms with Crippen LogP contribution in [0.15, 0.2) is 23.2 Å². The smallest absolute Gasteiger partial charge is 0.231 e. The number of rotatable bonds is 5. The summed E-state index contributed by atoms with van der Waals surface area (Å²) in [5.41, 5.74) is 1.11. The second-order valence-electron chi connectivity index (χ2n) is 6.66. The van der Waals surface area contributed by atoms with Gasteiger partial charge in [0.15, 0.2) is 17.5 Å². The highest BCUT2D eigenvalue weighted by atomic mass is 16.7. The zero-order valence-corrected chi connectivity index (χ0v) is 15.4. The van der Waals surface area contributed by atoms with Crippen LogP contribution in [0.4, 0.5) is 0 Å². The van der Waals surface area contributed by atoms with Gasteiger partial charge in [0.2, 0.25) is 6.79 Å². The Morgan fingerprint density at radius 1 is 1.20 bits per heavy atom. The first-order chi connectivity index (χ1) is 12.2. The largest absolute Gasteiger partial charge is 0.454 e. The first-order valence-electron chi connectivity index (χ1n) is 8.95. The van der Waals surface area contributed by atoms with Gasteiger partial charge in [-0.05, 0) is 38.7 Å². The zero-order valence-electron chi connectivity index (χ0n) is 15.4. The third-order valence-electron chi connectivity index (χ3n) is 4.69. The van der Waals surface area contributed by atoms with Crippen molar-refractivity contribution in [2.45, 2.75) is 19.5 Å². The van der Waals surface area contributed by atoms with Crippen LogP contribution in [-0.4, -0.2) is 75.4 Å². The molecule has 7 heteroatoms. The maximum atomic E-state index is 5.43. The Morgan fingerprint density at radius 3 is 2.88 bits per heavy atom. The number of nitrogens with one attached hydrogen (secondary N) is 2. The lowest BCUT2D eigenvalue weighted by Gasteiger charge is -2.37. The summed E-state index contributed by atoms with van der Waals surface area (Å²) in [5, 5.41) is 6.80. The van der Waals surface area contributed by atoms with E-state index in [0.717, 1.165) is 55.7 Å². The van der Waals surface area contributed by atoms with Crippen LogP contribution in [-0.2, 0) is 6.54 Å². The van der Waals surface area contributed by atoms with Crippen molar-refractivity contribution in [3.05, 3.63) is 23.8 Å². The van der Waals surface area contributed by atoms with Crippen molar-refractivity contribution in [1.29, 1.82) is 0 Å². The molecule has 2 aliphatic rings. The Hall–Kier alpha value is -1.99. The molecule has 1 atom stereocenters. The number of likely N-dealkylation sites (N-methyl/N-ethyl adjacent to an activating group) is 2. The molecule has 138 valence electrons. The zero-order chi connectivity index (χ0) is 17.6. The molecule has 1 aromatic carbocycles. The van der Waals surface area contributed by atoms with Gasteiger partial charge in [0, 0.05) is 38.8 Å². The van der Waals surface area contributed by atoms with Crippen molar-refractivity contribution in [3.63, 3.8) is 0 Å². The fourth-order valence-electron chi connectivity index (χ4n) is 3.09. The van der Waals surface area contributed by atoms with Crippen LogP contribution in [0.5, 0.6) is 11.5 Å². The molecule has 0 aromatic heterocycles. The average Bonchev–Trinajstić information content (AvgIpc) is 3.07. The second kappa shape index (κ2) is 8.40. The molecule has 0 spiro atoms. The average molecular weight is 347 g/mol. The SMILES string of the molecule is CCNC(=NCc1ccc2c(c1)OCO2)NCC1CN(C)CCN1C. The van der Waals surface area contributed by atoms with E-state index in [4.69, 9.17) is 14.5 Å². The summed E-state index contributed by atoms with van der Waals surface area (Å²) in [4.78, 5) is 9.49. The highest BCUT2D eigenvalue weighted by Crippen LogP contribution is 2.32. The molecular formula is C18H29N5O2. The van der Waals surface area contributed by atoms with Crippen LogP contribution in [0.2, 0.25) is 0 Å². The third kappa shape index (κ3) is 4.76. The molecule has 2 aliphatic heterocycles. The molecular weight excluding hydrogens is 318 g/mol. The van der Waals surface area contributed by atoms with Crippen LogP contribution in [0.25, 0.3) is 0 Å². The molecule has 0 radical (unpaired) electrons. The predicted octanol–water partition coefficient (Wildman–Crippen LogP) is 0.716. The van der Waals surface area contributed by atoms with Gasteiger partial charge in [-0.15, -0.1) is 0 Å². The van der Waals surface area contributed by atoms with Crippen molar-refractivity contribution in [2.75, 3.05) is 53.6 Å². The number of ether oxygens (including phenoxy) is 2. The molecule has 25 heavy (non-hydrogen) atoms. The van der Waals surface area contributed by atoms with E-state index in [-0.39, 0.29) is 0 Å². The number of fused-ring (bicyclic) bond motifs is 1. The molecule has 1 saturated heterocycles. The first-order valence-corrected chi connectivity index (χ1v) is 8.95. The fourth-order valence-corrected chi connectivity index (χ4v) is 3.09. The number of hydrogen-bond acceptors (Lipinski definition) is 5.